The number of hydrogen-bond donors (Lipinski definition) is 2. The van der Waals surface area contributed by atoms with Crippen molar-refractivity contribution in [3.05, 3.63) is 0 Å². The molecule has 4 heteroatoms. The van der Waals surface area contributed by atoms with Gasteiger partial charge in [-0.05, 0) is 32.6 Å². The first-order valence-corrected chi connectivity index (χ1v) is 5.64. The van der Waals surface area contributed by atoms with Crippen LogP contribution in [0, 0.1) is 5.41 Å². The van der Waals surface area contributed by atoms with E-state index in [0.717, 1.165) is 0 Å². The second-order valence-corrected chi connectivity index (χ2v) is 6.29. The lowest BCUT2D eigenvalue weighted by Crippen LogP contribution is -2.42. The molecule has 0 spiro atoms. The molecule has 1 amide bonds. The zero-order chi connectivity index (χ0) is 13.0. The SMILES string of the molecule is CC(C)(C)C[C@H](CO)NC(=O)OC(C)(C)C. The van der Waals surface area contributed by atoms with Gasteiger partial charge in [0.2, 0.25) is 0 Å². The van der Waals surface area contributed by atoms with Crippen molar-refractivity contribution in [2.24, 2.45) is 5.41 Å². The summed E-state index contributed by atoms with van der Waals surface area (Å²) in [6.45, 7) is 11.5. The van der Waals surface area contributed by atoms with Gasteiger partial charge in [-0.2, -0.15) is 0 Å². The van der Waals surface area contributed by atoms with Crippen molar-refractivity contribution in [1.82, 2.24) is 5.32 Å². The minimum atomic E-state index is -0.508. The fourth-order valence-corrected chi connectivity index (χ4v) is 1.37. The van der Waals surface area contributed by atoms with Crippen molar-refractivity contribution in [3.8, 4) is 0 Å². The molecule has 0 aliphatic carbocycles. The van der Waals surface area contributed by atoms with E-state index >= 15 is 0 Å². The van der Waals surface area contributed by atoms with E-state index in [-0.39, 0.29) is 18.1 Å². The minimum Gasteiger partial charge on any atom is -0.444 e. The number of alkyl carbamates (subject to hydrolysis) is 1. The van der Waals surface area contributed by atoms with E-state index in [2.05, 4.69) is 26.1 Å². The van der Waals surface area contributed by atoms with Gasteiger partial charge < -0.3 is 15.2 Å². The van der Waals surface area contributed by atoms with E-state index in [1.165, 1.54) is 0 Å². The van der Waals surface area contributed by atoms with Crippen molar-refractivity contribution < 1.29 is 14.6 Å². The van der Waals surface area contributed by atoms with Crippen LogP contribution in [-0.4, -0.2) is 29.4 Å². The molecule has 2 N–H and O–H groups in total. The van der Waals surface area contributed by atoms with Crippen molar-refractivity contribution in [1.29, 1.82) is 0 Å². The van der Waals surface area contributed by atoms with Gasteiger partial charge >= 0.3 is 6.09 Å². The summed E-state index contributed by atoms with van der Waals surface area (Å²) < 4.78 is 5.12. The molecule has 0 rings (SSSR count). The number of nitrogens with one attached hydrogen (secondary N) is 1. The minimum absolute atomic E-state index is 0.0579. The van der Waals surface area contributed by atoms with Crippen LogP contribution in [0.3, 0.4) is 0 Å². The fraction of sp³-hybridized carbons (Fsp3) is 0.917. The molecule has 4 nitrogen and oxygen atoms in total. The Morgan fingerprint density at radius 1 is 1.25 bits per heavy atom. The van der Waals surface area contributed by atoms with Gasteiger partial charge in [-0.15, -0.1) is 0 Å². The predicted molar refractivity (Wildman–Crippen MR) is 64.3 cm³/mol. The molecule has 96 valence electrons. The predicted octanol–water partition coefficient (Wildman–Crippen LogP) is 2.31. The van der Waals surface area contributed by atoms with Crippen molar-refractivity contribution in [2.75, 3.05) is 6.61 Å². The highest BCUT2D eigenvalue weighted by Gasteiger charge is 2.22. The molecule has 0 unspecified atom stereocenters. The maximum atomic E-state index is 11.5. The Morgan fingerprint density at radius 2 is 1.75 bits per heavy atom. The molecule has 0 fully saturated rings. The molecule has 0 bridgehead atoms. The second kappa shape index (κ2) is 5.53. The van der Waals surface area contributed by atoms with Gasteiger partial charge in [-0.3, -0.25) is 0 Å². The summed E-state index contributed by atoms with van der Waals surface area (Å²) >= 11 is 0. The van der Waals surface area contributed by atoms with Gasteiger partial charge in [0.05, 0.1) is 12.6 Å². The maximum Gasteiger partial charge on any atom is 0.407 e. The van der Waals surface area contributed by atoms with Gasteiger partial charge in [0.25, 0.3) is 0 Å². The molecule has 0 saturated carbocycles. The number of aliphatic hydroxyl groups is 1. The Morgan fingerprint density at radius 3 is 2.06 bits per heavy atom. The zero-order valence-electron chi connectivity index (χ0n) is 11.3. The van der Waals surface area contributed by atoms with Crippen molar-refractivity contribution in [3.63, 3.8) is 0 Å². The van der Waals surface area contributed by atoms with E-state index < -0.39 is 11.7 Å². The zero-order valence-corrected chi connectivity index (χ0v) is 11.3. The van der Waals surface area contributed by atoms with Crippen LogP contribution in [0.4, 0.5) is 4.79 Å². The van der Waals surface area contributed by atoms with E-state index in [1.54, 1.807) is 0 Å². The Bertz CT molecular complexity index is 225. The van der Waals surface area contributed by atoms with E-state index in [0.29, 0.717) is 6.42 Å². The lowest BCUT2D eigenvalue weighted by Gasteiger charge is -2.27. The molecule has 0 heterocycles. The first-order valence-electron chi connectivity index (χ1n) is 5.64. The molecule has 0 radical (unpaired) electrons. The molecule has 0 aliphatic heterocycles. The van der Waals surface area contributed by atoms with Gasteiger partial charge in [-0.1, -0.05) is 20.8 Å². The van der Waals surface area contributed by atoms with Gasteiger partial charge in [0.15, 0.2) is 0 Å². The third-order valence-corrected chi connectivity index (χ3v) is 1.80. The smallest absolute Gasteiger partial charge is 0.407 e. The van der Waals surface area contributed by atoms with Gasteiger partial charge in [0.1, 0.15) is 5.60 Å². The van der Waals surface area contributed by atoms with Gasteiger partial charge in [0, 0.05) is 0 Å². The highest BCUT2D eigenvalue weighted by atomic mass is 16.6. The Hall–Kier alpha value is -0.770. The standard InChI is InChI=1S/C12H25NO3/c1-11(2,3)7-9(8-14)13-10(15)16-12(4,5)6/h9,14H,7-8H2,1-6H3,(H,13,15)/t9-/m1/s1. The van der Waals surface area contributed by atoms with Crippen LogP contribution in [0.25, 0.3) is 0 Å². The molecule has 0 aromatic heterocycles. The fourth-order valence-electron chi connectivity index (χ4n) is 1.37. The summed E-state index contributed by atoms with van der Waals surface area (Å²) in [6, 6.07) is -0.255. The lowest BCUT2D eigenvalue weighted by atomic mass is 9.88. The summed E-state index contributed by atoms with van der Waals surface area (Å²) in [7, 11) is 0. The number of rotatable bonds is 3. The summed E-state index contributed by atoms with van der Waals surface area (Å²) in [4.78, 5) is 11.5. The van der Waals surface area contributed by atoms with Crippen molar-refractivity contribution in [2.45, 2.75) is 59.6 Å². The molecule has 0 saturated heterocycles. The van der Waals surface area contributed by atoms with Crippen LogP contribution < -0.4 is 5.32 Å². The van der Waals surface area contributed by atoms with E-state index in [9.17, 15) is 4.79 Å². The van der Waals surface area contributed by atoms with Crippen LogP contribution in [0.15, 0.2) is 0 Å². The topological polar surface area (TPSA) is 58.6 Å². The van der Waals surface area contributed by atoms with Crippen LogP contribution >= 0.6 is 0 Å². The highest BCUT2D eigenvalue weighted by Crippen LogP contribution is 2.20. The average Bonchev–Trinajstić information content (AvgIpc) is 1.96. The number of aliphatic hydroxyl groups excluding tert-OH is 1. The van der Waals surface area contributed by atoms with Gasteiger partial charge in [-0.25, -0.2) is 4.79 Å². The van der Waals surface area contributed by atoms with Crippen LogP contribution in [0.2, 0.25) is 0 Å². The molecule has 1 atom stereocenters. The van der Waals surface area contributed by atoms with E-state index in [4.69, 9.17) is 9.84 Å². The molecular weight excluding hydrogens is 206 g/mol. The average molecular weight is 231 g/mol. The number of hydrogen-bond acceptors (Lipinski definition) is 3. The first kappa shape index (κ1) is 15.2. The quantitative estimate of drug-likeness (QED) is 0.783. The normalized spacial score (nSPS) is 14.4. The molecule has 0 aromatic rings. The van der Waals surface area contributed by atoms with Crippen LogP contribution in [0.1, 0.15) is 48.0 Å². The van der Waals surface area contributed by atoms with Crippen LogP contribution in [0.5, 0.6) is 0 Å². The number of carbonyl (C=O) groups excluding carboxylic acids is 1. The van der Waals surface area contributed by atoms with Crippen LogP contribution in [-0.2, 0) is 4.74 Å². The first-order chi connectivity index (χ1) is 7.03. The Kier molecular flexibility index (Phi) is 5.26. The second-order valence-electron chi connectivity index (χ2n) is 6.29. The summed E-state index contributed by atoms with van der Waals surface area (Å²) in [5.74, 6) is 0. The number of amides is 1. The molecule has 16 heavy (non-hydrogen) atoms. The summed E-state index contributed by atoms with van der Waals surface area (Å²) in [5.41, 5.74) is -0.450. The Labute approximate surface area is 98.4 Å². The maximum absolute atomic E-state index is 11.5. The highest BCUT2D eigenvalue weighted by molar-refractivity contribution is 5.68. The number of ether oxygens (including phenoxy) is 1. The molecular formula is C12H25NO3. The monoisotopic (exact) mass is 231 g/mol. The largest absolute Gasteiger partial charge is 0.444 e. The third-order valence-electron chi connectivity index (χ3n) is 1.80. The van der Waals surface area contributed by atoms with Crippen molar-refractivity contribution >= 4 is 6.09 Å². The summed E-state index contributed by atoms with van der Waals surface area (Å²) in [5, 5.41) is 11.8. The molecule has 0 aromatic carbocycles. The summed E-state index contributed by atoms with van der Waals surface area (Å²) in [6.07, 6.45) is 0.235. The number of carbonyl (C=O) groups is 1. The van der Waals surface area contributed by atoms with E-state index in [1.807, 2.05) is 20.8 Å². The molecule has 0 aliphatic rings. The third kappa shape index (κ3) is 8.53. The Balaban J connectivity index is 4.18. The lowest BCUT2D eigenvalue weighted by molar-refractivity contribution is 0.0465.